The summed E-state index contributed by atoms with van der Waals surface area (Å²) in [5.41, 5.74) is 2.30. The highest BCUT2D eigenvalue weighted by atomic mass is 19.1. The van der Waals surface area contributed by atoms with Gasteiger partial charge in [0.2, 0.25) is 5.91 Å². The van der Waals surface area contributed by atoms with Gasteiger partial charge in [0.1, 0.15) is 23.1 Å². The third kappa shape index (κ3) is 4.49. The number of aryl methyl sites for hydroxylation is 2. The lowest BCUT2D eigenvalue weighted by Crippen LogP contribution is -2.15. The highest BCUT2D eigenvalue weighted by Gasteiger charge is 2.13. The van der Waals surface area contributed by atoms with E-state index in [2.05, 4.69) is 10.4 Å². The Hall–Kier alpha value is -3.35. The van der Waals surface area contributed by atoms with Gasteiger partial charge in [-0.15, -0.1) is 0 Å². The van der Waals surface area contributed by atoms with Crippen LogP contribution in [0.3, 0.4) is 0 Å². The molecular formula is C21H22FN3O3. The molecule has 3 aromatic rings. The number of carbonyl (C=O) groups excluding carboxylic acids is 1. The van der Waals surface area contributed by atoms with E-state index >= 15 is 0 Å². The first-order valence-corrected chi connectivity index (χ1v) is 8.83. The molecule has 0 atom stereocenters. The predicted molar refractivity (Wildman–Crippen MR) is 105 cm³/mol. The van der Waals surface area contributed by atoms with E-state index in [0.717, 1.165) is 11.3 Å². The van der Waals surface area contributed by atoms with Crippen LogP contribution in [0.1, 0.15) is 17.7 Å². The zero-order valence-corrected chi connectivity index (χ0v) is 16.0. The Balaban J connectivity index is 1.72. The first-order chi connectivity index (χ1) is 13.5. The van der Waals surface area contributed by atoms with Crippen molar-refractivity contribution < 1.29 is 18.7 Å². The van der Waals surface area contributed by atoms with Crippen molar-refractivity contribution in [3.05, 3.63) is 65.6 Å². The van der Waals surface area contributed by atoms with E-state index in [1.165, 1.54) is 12.1 Å². The molecule has 1 N–H and O–H groups in total. The molecule has 28 heavy (non-hydrogen) atoms. The molecule has 0 aliphatic carbocycles. The Bertz CT molecular complexity index is 968. The lowest BCUT2D eigenvalue weighted by Gasteiger charge is -2.11. The van der Waals surface area contributed by atoms with Crippen LogP contribution in [0.2, 0.25) is 0 Å². The van der Waals surface area contributed by atoms with Gasteiger partial charge in [-0.3, -0.25) is 4.79 Å². The van der Waals surface area contributed by atoms with Gasteiger partial charge in [0.05, 0.1) is 25.6 Å². The van der Waals surface area contributed by atoms with Gasteiger partial charge in [0.15, 0.2) is 0 Å². The Morgan fingerprint density at radius 3 is 2.54 bits per heavy atom. The number of hydrogen-bond acceptors (Lipinski definition) is 4. The molecule has 2 aromatic carbocycles. The molecule has 0 fully saturated rings. The monoisotopic (exact) mass is 383 g/mol. The minimum absolute atomic E-state index is 0.159. The van der Waals surface area contributed by atoms with Crippen molar-refractivity contribution in [2.24, 2.45) is 0 Å². The normalized spacial score (nSPS) is 10.6. The molecule has 0 spiro atoms. The van der Waals surface area contributed by atoms with Gasteiger partial charge in [-0.05, 0) is 61.4 Å². The summed E-state index contributed by atoms with van der Waals surface area (Å²) in [6.45, 7) is 1.83. The fraction of sp³-hybridized carbons (Fsp3) is 0.238. The zero-order valence-electron chi connectivity index (χ0n) is 16.0. The summed E-state index contributed by atoms with van der Waals surface area (Å²) in [7, 11) is 3.19. The zero-order chi connectivity index (χ0) is 20.1. The molecule has 0 unspecified atom stereocenters. The topological polar surface area (TPSA) is 65.4 Å². The summed E-state index contributed by atoms with van der Waals surface area (Å²) in [6, 6.07) is 13.2. The lowest BCUT2D eigenvalue weighted by atomic mass is 10.1. The molecule has 146 valence electrons. The first-order valence-electron chi connectivity index (χ1n) is 8.83. The van der Waals surface area contributed by atoms with Crippen LogP contribution in [0.4, 0.5) is 10.2 Å². The summed E-state index contributed by atoms with van der Waals surface area (Å²) < 4.78 is 25.4. The molecule has 1 aromatic heterocycles. The van der Waals surface area contributed by atoms with E-state index in [9.17, 15) is 9.18 Å². The van der Waals surface area contributed by atoms with Gasteiger partial charge in [0, 0.05) is 12.5 Å². The van der Waals surface area contributed by atoms with Crippen LogP contribution in [0.15, 0.2) is 48.5 Å². The number of amides is 1. The molecule has 1 heterocycles. The van der Waals surface area contributed by atoms with Crippen LogP contribution < -0.4 is 14.8 Å². The first kappa shape index (κ1) is 19.4. The summed E-state index contributed by atoms with van der Waals surface area (Å²) >= 11 is 0. The average Bonchev–Trinajstić information content (AvgIpc) is 3.06. The fourth-order valence-electron chi connectivity index (χ4n) is 2.90. The Kier molecular flexibility index (Phi) is 5.93. The second kappa shape index (κ2) is 8.56. The Morgan fingerprint density at radius 1 is 1.11 bits per heavy atom. The van der Waals surface area contributed by atoms with Crippen LogP contribution in [0, 0.1) is 12.7 Å². The number of rotatable bonds is 7. The number of methoxy groups -OCH3 is 2. The van der Waals surface area contributed by atoms with Crippen molar-refractivity contribution in [1.29, 1.82) is 0 Å². The van der Waals surface area contributed by atoms with Crippen molar-refractivity contribution in [1.82, 2.24) is 9.78 Å². The van der Waals surface area contributed by atoms with Crippen LogP contribution in [-0.4, -0.2) is 29.9 Å². The maximum absolute atomic E-state index is 13.2. The largest absolute Gasteiger partial charge is 0.497 e. The number of anilines is 1. The molecule has 0 saturated heterocycles. The fourth-order valence-corrected chi connectivity index (χ4v) is 2.90. The average molecular weight is 383 g/mol. The number of ether oxygens (including phenoxy) is 2. The van der Waals surface area contributed by atoms with Crippen LogP contribution in [-0.2, 0) is 11.2 Å². The summed E-state index contributed by atoms with van der Waals surface area (Å²) in [6.07, 6.45) is 0.757. The second-order valence-electron chi connectivity index (χ2n) is 6.29. The number of aromatic nitrogens is 2. The highest BCUT2D eigenvalue weighted by molar-refractivity contribution is 5.90. The number of benzene rings is 2. The van der Waals surface area contributed by atoms with E-state index < -0.39 is 0 Å². The smallest absolute Gasteiger partial charge is 0.225 e. The van der Waals surface area contributed by atoms with Gasteiger partial charge >= 0.3 is 0 Å². The highest BCUT2D eigenvalue weighted by Crippen LogP contribution is 2.25. The molecule has 3 rings (SSSR count). The van der Waals surface area contributed by atoms with Crippen molar-refractivity contribution in [2.75, 3.05) is 19.5 Å². The quantitative estimate of drug-likeness (QED) is 0.672. The predicted octanol–water partition coefficient (Wildman–Crippen LogP) is 3.91. The number of halogens is 1. The number of nitrogens with one attached hydrogen (secondary N) is 1. The molecule has 0 radical (unpaired) electrons. The number of nitrogens with zero attached hydrogens (tertiary/aromatic N) is 2. The second-order valence-corrected chi connectivity index (χ2v) is 6.29. The Morgan fingerprint density at radius 2 is 1.86 bits per heavy atom. The minimum atomic E-state index is -0.328. The molecule has 0 saturated carbocycles. The van der Waals surface area contributed by atoms with Crippen molar-refractivity contribution in [3.8, 4) is 17.2 Å². The Labute approximate surface area is 162 Å². The molecule has 0 aliphatic rings. The minimum Gasteiger partial charge on any atom is -0.497 e. The maximum atomic E-state index is 13.2. The third-order valence-electron chi connectivity index (χ3n) is 4.28. The van der Waals surface area contributed by atoms with E-state index in [4.69, 9.17) is 9.47 Å². The summed E-state index contributed by atoms with van der Waals surface area (Å²) in [5.74, 6) is 1.47. The van der Waals surface area contributed by atoms with Gasteiger partial charge < -0.3 is 14.8 Å². The molecule has 0 aliphatic heterocycles. The van der Waals surface area contributed by atoms with E-state index in [-0.39, 0.29) is 18.1 Å². The van der Waals surface area contributed by atoms with Gasteiger partial charge in [-0.25, -0.2) is 9.07 Å². The van der Waals surface area contributed by atoms with E-state index in [1.807, 2.05) is 25.1 Å². The van der Waals surface area contributed by atoms with Crippen molar-refractivity contribution in [2.45, 2.75) is 19.8 Å². The molecule has 6 nitrogen and oxygen atoms in total. The molecule has 0 bridgehead atoms. The van der Waals surface area contributed by atoms with Crippen LogP contribution >= 0.6 is 0 Å². The summed E-state index contributed by atoms with van der Waals surface area (Å²) in [4.78, 5) is 12.5. The lowest BCUT2D eigenvalue weighted by molar-refractivity contribution is -0.116. The maximum Gasteiger partial charge on any atom is 0.225 e. The summed E-state index contributed by atoms with van der Waals surface area (Å²) in [5, 5.41) is 7.25. The van der Waals surface area contributed by atoms with Gasteiger partial charge in [0.25, 0.3) is 0 Å². The van der Waals surface area contributed by atoms with E-state index in [0.29, 0.717) is 29.4 Å². The SMILES string of the molecule is COc1ccc(OC)c(CCC(=O)Nc2cc(C)nn2-c2ccc(F)cc2)c1. The van der Waals surface area contributed by atoms with Crippen molar-refractivity contribution in [3.63, 3.8) is 0 Å². The van der Waals surface area contributed by atoms with Crippen LogP contribution in [0.25, 0.3) is 5.69 Å². The van der Waals surface area contributed by atoms with Gasteiger partial charge in [-0.2, -0.15) is 5.10 Å². The van der Waals surface area contributed by atoms with Gasteiger partial charge in [-0.1, -0.05) is 0 Å². The molecule has 1 amide bonds. The molecule has 7 heteroatoms. The molecular weight excluding hydrogens is 361 g/mol. The standard InChI is InChI=1S/C21H22FN3O3/c1-14-12-20(25(24-14)17-7-5-16(22)6-8-17)23-21(26)11-4-15-13-18(27-2)9-10-19(15)28-3/h5-10,12-13H,4,11H2,1-3H3,(H,23,26). The van der Waals surface area contributed by atoms with E-state index in [1.54, 1.807) is 37.1 Å². The number of carbonyl (C=O) groups is 1. The van der Waals surface area contributed by atoms with Crippen molar-refractivity contribution >= 4 is 11.7 Å². The number of hydrogen-bond donors (Lipinski definition) is 1. The van der Waals surface area contributed by atoms with Crippen LogP contribution in [0.5, 0.6) is 11.5 Å². The third-order valence-corrected chi connectivity index (χ3v) is 4.28.